The predicted molar refractivity (Wildman–Crippen MR) is 89.6 cm³/mol. The summed E-state index contributed by atoms with van der Waals surface area (Å²) >= 11 is 0. The van der Waals surface area contributed by atoms with Gasteiger partial charge in [-0.05, 0) is 37.3 Å². The second-order valence-corrected chi connectivity index (χ2v) is 5.28. The molecular weight excluding hydrogens is 290 g/mol. The smallest absolute Gasteiger partial charge is 0.264 e. The molecule has 0 saturated heterocycles. The highest BCUT2D eigenvalue weighted by molar-refractivity contribution is 5.95. The molecular formula is C18H17N3O2. The van der Waals surface area contributed by atoms with Crippen molar-refractivity contribution in [3.8, 4) is 5.75 Å². The van der Waals surface area contributed by atoms with E-state index in [9.17, 15) is 4.79 Å². The Morgan fingerprint density at radius 2 is 1.74 bits per heavy atom. The van der Waals surface area contributed by atoms with Gasteiger partial charge < -0.3 is 9.64 Å². The van der Waals surface area contributed by atoms with Crippen LogP contribution in [0.15, 0.2) is 54.9 Å². The lowest BCUT2D eigenvalue weighted by molar-refractivity contribution is -0.120. The summed E-state index contributed by atoms with van der Waals surface area (Å²) in [6.45, 7) is 1.99. The minimum atomic E-state index is -0.131. The Morgan fingerprint density at radius 1 is 1.04 bits per heavy atom. The molecule has 3 rings (SSSR count). The number of likely N-dealkylation sites (N-methyl/N-ethyl adjacent to an activating group) is 1. The van der Waals surface area contributed by atoms with Gasteiger partial charge in [0.2, 0.25) is 0 Å². The fourth-order valence-electron chi connectivity index (χ4n) is 2.18. The van der Waals surface area contributed by atoms with E-state index in [0.717, 1.165) is 22.3 Å². The lowest BCUT2D eigenvalue weighted by Gasteiger charge is -2.18. The van der Waals surface area contributed by atoms with Crippen LogP contribution < -0.4 is 9.64 Å². The summed E-state index contributed by atoms with van der Waals surface area (Å²) < 4.78 is 5.53. The SMILES string of the molecule is Cc1ccc(OCC(=O)N(C)c2ccc3nccnc3c2)cc1. The first-order valence-electron chi connectivity index (χ1n) is 7.30. The molecule has 1 aromatic heterocycles. The van der Waals surface area contributed by atoms with Gasteiger partial charge in [-0.15, -0.1) is 0 Å². The molecule has 2 aromatic carbocycles. The van der Waals surface area contributed by atoms with E-state index in [1.807, 2.05) is 49.4 Å². The van der Waals surface area contributed by atoms with Gasteiger partial charge in [0.15, 0.2) is 6.61 Å². The van der Waals surface area contributed by atoms with Crippen molar-refractivity contribution in [1.82, 2.24) is 9.97 Å². The molecule has 0 N–H and O–H groups in total. The zero-order chi connectivity index (χ0) is 16.2. The first-order valence-corrected chi connectivity index (χ1v) is 7.30. The lowest BCUT2D eigenvalue weighted by Crippen LogP contribution is -2.31. The van der Waals surface area contributed by atoms with Crippen LogP contribution in [0.4, 0.5) is 5.69 Å². The maximum Gasteiger partial charge on any atom is 0.264 e. The zero-order valence-electron chi connectivity index (χ0n) is 13.1. The highest BCUT2D eigenvalue weighted by Crippen LogP contribution is 2.19. The van der Waals surface area contributed by atoms with Crippen molar-refractivity contribution in [2.45, 2.75) is 6.92 Å². The van der Waals surface area contributed by atoms with Crippen LogP contribution in [0, 0.1) is 6.92 Å². The highest BCUT2D eigenvalue weighted by Gasteiger charge is 2.12. The van der Waals surface area contributed by atoms with Crippen molar-refractivity contribution < 1.29 is 9.53 Å². The van der Waals surface area contributed by atoms with E-state index in [-0.39, 0.29) is 12.5 Å². The van der Waals surface area contributed by atoms with E-state index in [1.54, 1.807) is 24.3 Å². The molecule has 0 spiro atoms. The normalized spacial score (nSPS) is 10.5. The zero-order valence-corrected chi connectivity index (χ0v) is 13.1. The Labute approximate surface area is 134 Å². The summed E-state index contributed by atoms with van der Waals surface area (Å²) in [5, 5.41) is 0. The summed E-state index contributed by atoms with van der Waals surface area (Å²) in [5.41, 5.74) is 3.46. The summed E-state index contributed by atoms with van der Waals surface area (Å²) in [4.78, 5) is 22.3. The number of aryl methyl sites for hydroxylation is 1. The molecule has 0 unspecified atom stereocenters. The molecule has 5 heteroatoms. The van der Waals surface area contributed by atoms with Crippen molar-refractivity contribution in [1.29, 1.82) is 0 Å². The molecule has 0 aliphatic rings. The minimum absolute atomic E-state index is 0.0158. The second-order valence-electron chi connectivity index (χ2n) is 5.28. The topological polar surface area (TPSA) is 55.3 Å². The quantitative estimate of drug-likeness (QED) is 0.743. The number of rotatable bonds is 4. The van der Waals surface area contributed by atoms with E-state index < -0.39 is 0 Å². The Morgan fingerprint density at radius 3 is 2.48 bits per heavy atom. The summed E-state index contributed by atoms with van der Waals surface area (Å²) in [7, 11) is 1.72. The van der Waals surface area contributed by atoms with Crippen molar-refractivity contribution in [3.63, 3.8) is 0 Å². The molecule has 23 heavy (non-hydrogen) atoms. The van der Waals surface area contributed by atoms with Gasteiger partial charge in [0.1, 0.15) is 5.75 Å². The third kappa shape index (κ3) is 3.45. The largest absolute Gasteiger partial charge is 0.484 e. The molecule has 0 aliphatic heterocycles. The first-order chi connectivity index (χ1) is 11.1. The van der Waals surface area contributed by atoms with Crippen molar-refractivity contribution in [3.05, 3.63) is 60.4 Å². The van der Waals surface area contributed by atoms with Crippen molar-refractivity contribution in [2.75, 3.05) is 18.6 Å². The fourth-order valence-corrected chi connectivity index (χ4v) is 2.18. The number of ether oxygens (including phenoxy) is 1. The monoisotopic (exact) mass is 307 g/mol. The number of carbonyl (C=O) groups excluding carboxylic acids is 1. The summed E-state index contributed by atoms with van der Waals surface area (Å²) in [5.74, 6) is 0.551. The number of carbonyl (C=O) groups is 1. The molecule has 1 amide bonds. The maximum atomic E-state index is 12.3. The van der Waals surface area contributed by atoms with Crippen LogP contribution >= 0.6 is 0 Å². The molecule has 0 bridgehead atoms. The number of hydrogen-bond acceptors (Lipinski definition) is 4. The number of fused-ring (bicyclic) bond motifs is 1. The Kier molecular flexibility index (Phi) is 4.19. The standard InChI is InChI=1S/C18H17N3O2/c1-13-3-6-15(7-4-13)23-12-18(22)21(2)14-5-8-16-17(11-14)20-10-9-19-16/h3-11H,12H2,1-2H3. The fraction of sp³-hybridized carbons (Fsp3) is 0.167. The van der Waals surface area contributed by atoms with Crippen LogP contribution in [0.25, 0.3) is 11.0 Å². The second kappa shape index (κ2) is 6.44. The van der Waals surface area contributed by atoms with Crippen LogP contribution in [0.3, 0.4) is 0 Å². The molecule has 0 atom stereocenters. The van der Waals surface area contributed by atoms with Gasteiger partial charge in [0, 0.05) is 25.1 Å². The Balaban J connectivity index is 1.69. The Bertz CT molecular complexity index is 831. The van der Waals surface area contributed by atoms with E-state index >= 15 is 0 Å². The van der Waals surface area contributed by atoms with Gasteiger partial charge in [0.05, 0.1) is 11.0 Å². The third-order valence-electron chi connectivity index (χ3n) is 3.60. The van der Waals surface area contributed by atoms with Gasteiger partial charge in [-0.1, -0.05) is 17.7 Å². The summed E-state index contributed by atoms with van der Waals surface area (Å²) in [6, 6.07) is 13.1. The number of anilines is 1. The molecule has 3 aromatic rings. The van der Waals surface area contributed by atoms with Crippen LogP contribution in [0.5, 0.6) is 5.75 Å². The van der Waals surface area contributed by atoms with Crippen LogP contribution in [0.1, 0.15) is 5.56 Å². The van der Waals surface area contributed by atoms with E-state index in [2.05, 4.69) is 9.97 Å². The number of hydrogen-bond donors (Lipinski definition) is 0. The van der Waals surface area contributed by atoms with Gasteiger partial charge >= 0.3 is 0 Å². The lowest BCUT2D eigenvalue weighted by atomic mass is 10.2. The number of nitrogens with zero attached hydrogens (tertiary/aromatic N) is 3. The Hall–Kier alpha value is -2.95. The van der Waals surface area contributed by atoms with Crippen molar-refractivity contribution >= 4 is 22.6 Å². The average molecular weight is 307 g/mol. The number of benzene rings is 2. The molecule has 0 fully saturated rings. The van der Waals surface area contributed by atoms with Gasteiger partial charge in [-0.2, -0.15) is 0 Å². The number of amides is 1. The molecule has 0 saturated carbocycles. The summed E-state index contributed by atoms with van der Waals surface area (Å²) in [6.07, 6.45) is 3.28. The molecule has 116 valence electrons. The van der Waals surface area contributed by atoms with Gasteiger partial charge in [0.25, 0.3) is 5.91 Å². The van der Waals surface area contributed by atoms with Crippen LogP contribution in [-0.4, -0.2) is 29.5 Å². The predicted octanol–water partition coefficient (Wildman–Crippen LogP) is 2.98. The maximum absolute atomic E-state index is 12.3. The molecule has 1 heterocycles. The van der Waals surface area contributed by atoms with Gasteiger partial charge in [-0.25, -0.2) is 0 Å². The van der Waals surface area contributed by atoms with Crippen molar-refractivity contribution in [2.24, 2.45) is 0 Å². The first kappa shape index (κ1) is 15.0. The van der Waals surface area contributed by atoms with E-state index in [1.165, 1.54) is 0 Å². The number of aromatic nitrogens is 2. The molecule has 0 radical (unpaired) electrons. The van der Waals surface area contributed by atoms with E-state index in [4.69, 9.17) is 4.74 Å². The van der Waals surface area contributed by atoms with E-state index in [0.29, 0.717) is 5.75 Å². The average Bonchev–Trinajstić information content (AvgIpc) is 2.60. The third-order valence-corrected chi connectivity index (χ3v) is 3.60. The molecule has 0 aliphatic carbocycles. The molecule has 5 nitrogen and oxygen atoms in total. The van der Waals surface area contributed by atoms with Crippen LogP contribution in [-0.2, 0) is 4.79 Å². The van der Waals surface area contributed by atoms with Crippen LogP contribution in [0.2, 0.25) is 0 Å². The van der Waals surface area contributed by atoms with Gasteiger partial charge in [-0.3, -0.25) is 14.8 Å². The highest BCUT2D eigenvalue weighted by atomic mass is 16.5. The minimum Gasteiger partial charge on any atom is -0.484 e.